The van der Waals surface area contributed by atoms with Crippen LogP contribution in [0.25, 0.3) is 0 Å². The van der Waals surface area contributed by atoms with Crippen LogP contribution >= 0.6 is 0 Å². The smallest absolute Gasteiger partial charge is 0.0749 e. The van der Waals surface area contributed by atoms with Gasteiger partial charge in [-0.25, -0.2) is 0 Å². The van der Waals surface area contributed by atoms with E-state index in [1.165, 1.54) is 11.1 Å². The SMILES string of the molecule is CCc1ccc(C2C=CC=CC2C#N)cc1. The molecule has 0 aromatic heterocycles. The van der Waals surface area contributed by atoms with Gasteiger partial charge in [0.2, 0.25) is 0 Å². The molecule has 80 valence electrons. The van der Waals surface area contributed by atoms with Crippen LogP contribution in [-0.4, -0.2) is 0 Å². The minimum absolute atomic E-state index is 0.0301. The van der Waals surface area contributed by atoms with Crippen LogP contribution in [0, 0.1) is 17.2 Å². The molecule has 0 amide bonds. The summed E-state index contributed by atoms with van der Waals surface area (Å²) in [4.78, 5) is 0. The van der Waals surface area contributed by atoms with Crippen LogP contribution in [0.5, 0.6) is 0 Å². The molecule has 0 spiro atoms. The van der Waals surface area contributed by atoms with Crippen molar-refractivity contribution >= 4 is 0 Å². The van der Waals surface area contributed by atoms with Crippen LogP contribution in [-0.2, 0) is 6.42 Å². The molecule has 2 unspecified atom stereocenters. The first-order chi connectivity index (χ1) is 7.85. The molecular formula is C15H15N. The summed E-state index contributed by atoms with van der Waals surface area (Å²) in [5.74, 6) is 0.179. The molecule has 16 heavy (non-hydrogen) atoms. The first kappa shape index (κ1) is 10.7. The van der Waals surface area contributed by atoms with E-state index >= 15 is 0 Å². The third kappa shape index (κ3) is 2.06. The second-order valence-electron chi connectivity index (χ2n) is 4.05. The summed E-state index contributed by atoms with van der Waals surface area (Å²) >= 11 is 0. The van der Waals surface area contributed by atoms with E-state index in [0.717, 1.165) is 6.42 Å². The molecule has 2 atom stereocenters. The minimum Gasteiger partial charge on any atom is -0.198 e. The lowest BCUT2D eigenvalue weighted by Gasteiger charge is -2.18. The summed E-state index contributed by atoms with van der Waals surface area (Å²) in [5, 5.41) is 9.09. The van der Waals surface area contributed by atoms with Gasteiger partial charge in [0, 0.05) is 5.92 Å². The Hall–Kier alpha value is -1.81. The van der Waals surface area contributed by atoms with Gasteiger partial charge in [0.25, 0.3) is 0 Å². The Morgan fingerprint density at radius 3 is 2.44 bits per heavy atom. The maximum absolute atomic E-state index is 9.09. The van der Waals surface area contributed by atoms with Crippen molar-refractivity contribution in [1.29, 1.82) is 5.26 Å². The average Bonchev–Trinajstić information content (AvgIpc) is 2.39. The van der Waals surface area contributed by atoms with E-state index < -0.39 is 0 Å². The van der Waals surface area contributed by atoms with Crippen molar-refractivity contribution in [2.75, 3.05) is 0 Å². The molecule has 0 saturated carbocycles. The molecule has 1 heteroatoms. The highest BCUT2D eigenvalue weighted by Gasteiger charge is 2.19. The summed E-state index contributed by atoms with van der Waals surface area (Å²) in [6, 6.07) is 10.9. The van der Waals surface area contributed by atoms with E-state index in [-0.39, 0.29) is 11.8 Å². The number of allylic oxidation sites excluding steroid dienone is 4. The fourth-order valence-electron chi connectivity index (χ4n) is 2.02. The Bertz CT molecular complexity index is 445. The van der Waals surface area contributed by atoms with Crippen molar-refractivity contribution in [3.63, 3.8) is 0 Å². The van der Waals surface area contributed by atoms with Gasteiger partial charge < -0.3 is 0 Å². The molecule has 1 aliphatic carbocycles. The molecule has 2 rings (SSSR count). The van der Waals surface area contributed by atoms with E-state index in [1.54, 1.807) is 0 Å². The van der Waals surface area contributed by atoms with Gasteiger partial charge in [-0.15, -0.1) is 0 Å². The highest BCUT2D eigenvalue weighted by Crippen LogP contribution is 2.29. The van der Waals surface area contributed by atoms with Crippen LogP contribution in [0.15, 0.2) is 48.6 Å². The zero-order valence-corrected chi connectivity index (χ0v) is 9.43. The lowest BCUT2D eigenvalue weighted by atomic mass is 9.83. The largest absolute Gasteiger partial charge is 0.198 e. The lowest BCUT2D eigenvalue weighted by Crippen LogP contribution is -2.08. The van der Waals surface area contributed by atoms with Gasteiger partial charge >= 0.3 is 0 Å². The van der Waals surface area contributed by atoms with Crippen molar-refractivity contribution in [3.8, 4) is 6.07 Å². The molecule has 0 bridgehead atoms. The van der Waals surface area contributed by atoms with Crippen molar-refractivity contribution in [2.24, 2.45) is 5.92 Å². The third-order valence-electron chi connectivity index (χ3n) is 3.06. The van der Waals surface area contributed by atoms with Crippen LogP contribution < -0.4 is 0 Å². The number of hydrogen-bond acceptors (Lipinski definition) is 1. The van der Waals surface area contributed by atoms with E-state index in [1.807, 2.05) is 18.2 Å². The standard InChI is InChI=1S/C15H15N/c1-2-12-7-9-13(10-8-12)15-6-4-3-5-14(15)11-16/h3-10,14-15H,2H2,1H3. The highest BCUT2D eigenvalue weighted by atomic mass is 14.3. The van der Waals surface area contributed by atoms with Crippen LogP contribution in [0.1, 0.15) is 24.0 Å². The molecular weight excluding hydrogens is 194 g/mol. The topological polar surface area (TPSA) is 23.8 Å². The molecule has 1 nitrogen and oxygen atoms in total. The molecule has 0 radical (unpaired) electrons. The van der Waals surface area contributed by atoms with Gasteiger partial charge in [-0.2, -0.15) is 5.26 Å². The van der Waals surface area contributed by atoms with Gasteiger partial charge in [-0.3, -0.25) is 0 Å². The number of aryl methyl sites for hydroxylation is 1. The van der Waals surface area contributed by atoms with Crippen molar-refractivity contribution in [3.05, 3.63) is 59.7 Å². The zero-order chi connectivity index (χ0) is 11.4. The monoisotopic (exact) mass is 209 g/mol. The fraction of sp³-hybridized carbons (Fsp3) is 0.267. The summed E-state index contributed by atoms with van der Waals surface area (Å²) in [7, 11) is 0. The molecule has 1 aromatic rings. The summed E-state index contributed by atoms with van der Waals surface area (Å²) in [6.07, 6.45) is 9.10. The molecule has 0 N–H and O–H groups in total. The number of rotatable bonds is 2. The van der Waals surface area contributed by atoms with E-state index in [2.05, 4.69) is 43.3 Å². The lowest BCUT2D eigenvalue weighted by molar-refractivity contribution is 0.712. The Kier molecular flexibility index (Phi) is 3.22. The van der Waals surface area contributed by atoms with Crippen LogP contribution in [0.3, 0.4) is 0 Å². The third-order valence-corrected chi connectivity index (χ3v) is 3.06. The van der Waals surface area contributed by atoms with E-state index in [4.69, 9.17) is 5.26 Å². The number of benzene rings is 1. The van der Waals surface area contributed by atoms with Gasteiger partial charge in [0.15, 0.2) is 0 Å². The fourth-order valence-corrected chi connectivity index (χ4v) is 2.02. The summed E-state index contributed by atoms with van der Waals surface area (Å²) in [6.45, 7) is 2.15. The molecule has 0 saturated heterocycles. The first-order valence-corrected chi connectivity index (χ1v) is 5.68. The van der Waals surface area contributed by atoms with Crippen LogP contribution in [0.4, 0.5) is 0 Å². The number of nitrogens with zero attached hydrogens (tertiary/aromatic N) is 1. The van der Waals surface area contributed by atoms with E-state index in [0.29, 0.717) is 0 Å². The molecule has 0 aliphatic heterocycles. The molecule has 1 aromatic carbocycles. The summed E-state index contributed by atoms with van der Waals surface area (Å²) in [5.41, 5.74) is 2.57. The van der Waals surface area contributed by atoms with E-state index in [9.17, 15) is 0 Å². The zero-order valence-electron chi connectivity index (χ0n) is 9.43. The maximum atomic E-state index is 9.09. The second-order valence-corrected chi connectivity index (χ2v) is 4.05. The maximum Gasteiger partial charge on any atom is 0.0749 e. The highest BCUT2D eigenvalue weighted by molar-refractivity contribution is 5.35. The summed E-state index contributed by atoms with van der Waals surface area (Å²) < 4.78 is 0. The average molecular weight is 209 g/mol. The van der Waals surface area contributed by atoms with Gasteiger partial charge in [-0.05, 0) is 17.5 Å². The normalized spacial score (nSPS) is 23.0. The number of hydrogen-bond donors (Lipinski definition) is 0. The van der Waals surface area contributed by atoms with Gasteiger partial charge in [0.1, 0.15) is 0 Å². The Balaban J connectivity index is 2.26. The minimum atomic E-state index is -0.0301. The Labute approximate surface area is 96.7 Å². The quantitative estimate of drug-likeness (QED) is 0.730. The predicted molar refractivity (Wildman–Crippen MR) is 65.9 cm³/mol. The Morgan fingerprint density at radius 1 is 1.12 bits per heavy atom. The molecule has 0 heterocycles. The van der Waals surface area contributed by atoms with Crippen molar-refractivity contribution in [1.82, 2.24) is 0 Å². The number of nitriles is 1. The predicted octanol–water partition coefficient (Wildman–Crippen LogP) is 3.60. The Morgan fingerprint density at radius 2 is 1.81 bits per heavy atom. The van der Waals surface area contributed by atoms with Crippen molar-refractivity contribution < 1.29 is 0 Å². The van der Waals surface area contributed by atoms with Crippen LogP contribution in [0.2, 0.25) is 0 Å². The molecule has 0 fully saturated rings. The van der Waals surface area contributed by atoms with Gasteiger partial charge in [0.05, 0.1) is 12.0 Å². The molecule has 1 aliphatic rings. The van der Waals surface area contributed by atoms with Gasteiger partial charge in [-0.1, -0.05) is 55.5 Å². The second kappa shape index (κ2) is 4.81. The van der Waals surface area contributed by atoms with Crippen molar-refractivity contribution in [2.45, 2.75) is 19.3 Å². The first-order valence-electron chi connectivity index (χ1n) is 5.68.